The highest BCUT2D eigenvalue weighted by Gasteiger charge is 2.12. The van der Waals surface area contributed by atoms with Gasteiger partial charge in [-0.1, -0.05) is 0 Å². The molecule has 112 valence electrons. The predicted molar refractivity (Wildman–Crippen MR) is 74.1 cm³/mol. The fraction of sp³-hybridized carbons (Fsp3) is 0.417. The monoisotopic (exact) mass is 322 g/mol. The third-order valence-corrected chi connectivity index (χ3v) is 3.61. The van der Waals surface area contributed by atoms with Gasteiger partial charge >= 0.3 is 5.97 Å². The lowest BCUT2D eigenvalue weighted by atomic mass is 10.2. The van der Waals surface area contributed by atoms with Gasteiger partial charge in [-0.3, -0.25) is 0 Å². The van der Waals surface area contributed by atoms with Crippen LogP contribution in [-0.2, 0) is 13.8 Å². The molecular weight excluding hydrogens is 308 g/mol. The van der Waals surface area contributed by atoms with Crippen molar-refractivity contribution in [3.05, 3.63) is 23.8 Å². The highest BCUT2D eigenvalue weighted by Crippen LogP contribution is 2.28. The summed E-state index contributed by atoms with van der Waals surface area (Å²) in [5.74, 6) is 0.119. The van der Waals surface area contributed by atoms with E-state index >= 15 is 0 Å². The van der Waals surface area contributed by atoms with Crippen molar-refractivity contribution in [1.82, 2.24) is 0 Å². The molecule has 0 atom stereocenters. The molecule has 0 fully saturated rings. The fourth-order valence-electron chi connectivity index (χ4n) is 1.45. The van der Waals surface area contributed by atoms with E-state index in [2.05, 4.69) is 4.74 Å². The average Bonchev–Trinajstić information content (AvgIpc) is 2.41. The second kappa shape index (κ2) is 7.35. The molecule has 0 aliphatic carbocycles. The summed E-state index contributed by atoms with van der Waals surface area (Å²) in [6.45, 7) is 0.167. The van der Waals surface area contributed by atoms with Crippen molar-refractivity contribution in [3.63, 3.8) is 0 Å². The Balaban J connectivity index is 2.68. The van der Waals surface area contributed by atoms with Crippen molar-refractivity contribution >= 4 is 25.7 Å². The molecule has 0 aliphatic heterocycles. The predicted octanol–water partition coefficient (Wildman–Crippen LogP) is 1.82. The molecule has 0 bridgehead atoms. The summed E-state index contributed by atoms with van der Waals surface area (Å²) in [5, 5.41) is 0. The van der Waals surface area contributed by atoms with Crippen LogP contribution in [-0.4, -0.2) is 41.0 Å². The summed E-state index contributed by atoms with van der Waals surface area (Å²) >= 11 is 0. The van der Waals surface area contributed by atoms with E-state index in [4.69, 9.17) is 20.2 Å². The summed E-state index contributed by atoms with van der Waals surface area (Å²) in [6, 6.07) is 4.57. The molecule has 0 saturated carbocycles. The molecule has 1 aromatic carbocycles. The van der Waals surface area contributed by atoms with Gasteiger partial charge in [0.25, 0.3) is 0 Å². The Kier molecular flexibility index (Phi) is 6.09. The van der Waals surface area contributed by atoms with Crippen molar-refractivity contribution < 1.29 is 27.4 Å². The number of esters is 1. The van der Waals surface area contributed by atoms with E-state index in [1.165, 1.54) is 26.4 Å². The van der Waals surface area contributed by atoms with Crippen molar-refractivity contribution in [2.75, 3.05) is 26.6 Å². The van der Waals surface area contributed by atoms with E-state index in [-0.39, 0.29) is 18.8 Å². The maximum atomic E-state index is 11.4. The Morgan fingerprint density at radius 3 is 2.50 bits per heavy atom. The molecule has 6 nitrogen and oxygen atoms in total. The minimum Gasteiger partial charge on any atom is -0.493 e. The van der Waals surface area contributed by atoms with Crippen molar-refractivity contribution in [3.8, 4) is 11.5 Å². The highest BCUT2D eigenvalue weighted by atomic mass is 35.7. The van der Waals surface area contributed by atoms with E-state index < -0.39 is 15.0 Å². The topological polar surface area (TPSA) is 78.9 Å². The minimum absolute atomic E-state index is 0.167. The highest BCUT2D eigenvalue weighted by molar-refractivity contribution is 8.13. The quantitative estimate of drug-likeness (QED) is 0.433. The van der Waals surface area contributed by atoms with Crippen LogP contribution in [0.2, 0.25) is 0 Å². The van der Waals surface area contributed by atoms with E-state index in [1.807, 2.05) is 0 Å². The first kappa shape index (κ1) is 16.6. The average molecular weight is 323 g/mol. The molecule has 0 radical (unpaired) electrons. The Bertz CT molecular complexity index is 569. The van der Waals surface area contributed by atoms with Gasteiger partial charge < -0.3 is 14.2 Å². The van der Waals surface area contributed by atoms with Crippen molar-refractivity contribution in [2.24, 2.45) is 0 Å². The molecule has 0 saturated heterocycles. The van der Waals surface area contributed by atoms with E-state index in [9.17, 15) is 13.2 Å². The first-order valence-electron chi connectivity index (χ1n) is 5.69. The maximum absolute atomic E-state index is 11.4. The lowest BCUT2D eigenvalue weighted by molar-refractivity contribution is 0.0600. The van der Waals surface area contributed by atoms with Crippen LogP contribution in [0.1, 0.15) is 16.8 Å². The maximum Gasteiger partial charge on any atom is 0.337 e. The molecule has 20 heavy (non-hydrogen) atoms. The third-order valence-electron chi connectivity index (χ3n) is 2.37. The van der Waals surface area contributed by atoms with E-state index in [1.54, 1.807) is 6.07 Å². The molecular formula is C12H15ClO6S. The van der Waals surface area contributed by atoms with Crippen LogP contribution >= 0.6 is 10.7 Å². The molecule has 0 heterocycles. The zero-order chi connectivity index (χ0) is 15.2. The number of hydrogen-bond donors (Lipinski definition) is 0. The summed E-state index contributed by atoms with van der Waals surface area (Å²) in [7, 11) is 4.29. The number of rotatable bonds is 7. The molecule has 8 heteroatoms. The molecule has 0 aromatic heterocycles. The normalized spacial score (nSPS) is 10.9. The molecule has 1 rings (SSSR count). The second-order valence-electron chi connectivity index (χ2n) is 3.80. The van der Waals surface area contributed by atoms with Crippen LogP contribution in [0.3, 0.4) is 0 Å². The number of methoxy groups -OCH3 is 2. The molecule has 0 N–H and O–H groups in total. The lowest BCUT2D eigenvalue weighted by Gasteiger charge is -2.11. The molecule has 1 aromatic rings. The third kappa shape index (κ3) is 5.26. The van der Waals surface area contributed by atoms with Crippen LogP contribution in [0.25, 0.3) is 0 Å². The van der Waals surface area contributed by atoms with Gasteiger partial charge in [-0.05, 0) is 24.6 Å². The number of ether oxygens (including phenoxy) is 3. The number of benzene rings is 1. The lowest BCUT2D eigenvalue weighted by Crippen LogP contribution is -2.06. The summed E-state index contributed by atoms with van der Waals surface area (Å²) in [5.41, 5.74) is 0.333. The Labute approximate surface area is 122 Å². The van der Waals surface area contributed by atoms with Gasteiger partial charge in [-0.25, -0.2) is 13.2 Å². The van der Waals surface area contributed by atoms with Gasteiger partial charge in [0.2, 0.25) is 9.05 Å². The number of carbonyl (C=O) groups excluding carboxylic acids is 1. The largest absolute Gasteiger partial charge is 0.493 e. The number of hydrogen-bond acceptors (Lipinski definition) is 6. The van der Waals surface area contributed by atoms with E-state index in [0.717, 1.165) is 0 Å². The van der Waals surface area contributed by atoms with Gasteiger partial charge in [-0.15, -0.1) is 0 Å². The van der Waals surface area contributed by atoms with Crippen molar-refractivity contribution in [2.45, 2.75) is 6.42 Å². The first-order chi connectivity index (χ1) is 9.37. The first-order valence-corrected chi connectivity index (χ1v) is 8.16. The smallest absolute Gasteiger partial charge is 0.337 e. The van der Waals surface area contributed by atoms with Gasteiger partial charge in [0.05, 0.1) is 32.1 Å². The summed E-state index contributed by atoms with van der Waals surface area (Å²) in [4.78, 5) is 11.4. The van der Waals surface area contributed by atoms with Gasteiger partial charge in [0.15, 0.2) is 11.5 Å². The molecule has 0 aliphatic rings. The van der Waals surface area contributed by atoms with Crippen LogP contribution in [0, 0.1) is 0 Å². The Hall–Kier alpha value is -1.47. The standard InChI is InChI=1S/C12H15ClO6S/c1-17-11-8-9(12(14)18-2)4-5-10(11)19-6-3-7-20(13,15)16/h4-5,8H,3,6-7H2,1-2H3. The summed E-state index contributed by atoms with van der Waals surface area (Å²) < 4.78 is 36.6. The summed E-state index contributed by atoms with van der Waals surface area (Å²) in [6.07, 6.45) is 0.258. The zero-order valence-electron chi connectivity index (χ0n) is 11.1. The van der Waals surface area contributed by atoms with E-state index in [0.29, 0.717) is 17.1 Å². The van der Waals surface area contributed by atoms with Crippen LogP contribution < -0.4 is 9.47 Å². The second-order valence-corrected chi connectivity index (χ2v) is 6.70. The van der Waals surface area contributed by atoms with Gasteiger partial charge in [0.1, 0.15) is 0 Å². The van der Waals surface area contributed by atoms with Crippen LogP contribution in [0.15, 0.2) is 18.2 Å². The molecule has 0 amide bonds. The molecule has 0 spiro atoms. The Morgan fingerprint density at radius 1 is 1.25 bits per heavy atom. The fourth-order valence-corrected chi connectivity index (χ4v) is 2.24. The molecule has 0 unspecified atom stereocenters. The zero-order valence-corrected chi connectivity index (χ0v) is 12.7. The minimum atomic E-state index is -3.52. The number of carbonyl (C=O) groups is 1. The number of halogens is 1. The van der Waals surface area contributed by atoms with Crippen LogP contribution in [0.5, 0.6) is 11.5 Å². The SMILES string of the molecule is COC(=O)c1ccc(OCCCS(=O)(=O)Cl)c(OC)c1. The van der Waals surface area contributed by atoms with Crippen molar-refractivity contribution in [1.29, 1.82) is 0 Å². The van der Waals surface area contributed by atoms with Crippen LogP contribution in [0.4, 0.5) is 0 Å². The van der Waals surface area contributed by atoms with Gasteiger partial charge in [0, 0.05) is 10.7 Å². The van der Waals surface area contributed by atoms with Gasteiger partial charge in [-0.2, -0.15) is 0 Å². The Morgan fingerprint density at radius 2 is 1.95 bits per heavy atom.